The molecule has 0 radical (unpaired) electrons. The van der Waals surface area contributed by atoms with Gasteiger partial charge in [0, 0.05) is 23.5 Å². The summed E-state index contributed by atoms with van der Waals surface area (Å²) in [4.78, 5) is 26.5. The minimum atomic E-state index is -0.646. The number of hydrogen-bond acceptors (Lipinski definition) is 6. The number of ketones is 2. The lowest BCUT2D eigenvalue weighted by atomic mass is 9.78. The minimum absolute atomic E-state index is 0.0801. The highest BCUT2D eigenvalue weighted by molar-refractivity contribution is 6.34. The van der Waals surface area contributed by atoms with Gasteiger partial charge in [0.1, 0.15) is 0 Å². The summed E-state index contributed by atoms with van der Waals surface area (Å²) < 4.78 is 21.4. The predicted octanol–water partition coefficient (Wildman–Crippen LogP) is 5.12. The van der Waals surface area contributed by atoms with E-state index < -0.39 is 11.8 Å². The Hall–Kier alpha value is -3.25. The zero-order valence-corrected chi connectivity index (χ0v) is 19.1. The Morgan fingerprint density at radius 2 is 1.50 bits per heavy atom. The molecule has 0 saturated heterocycles. The number of carbonyl (C=O) groups excluding carboxylic acids is 2. The van der Waals surface area contributed by atoms with Crippen molar-refractivity contribution in [3.63, 3.8) is 0 Å². The summed E-state index contributed by atoms with van der Waals surface area (Å²) in [6.07, 6.45) is 3.53. The molecule has 2 atom stereocenters. The number of benzene rings is 2. The maximum Gasteiger partial charge on any atom is 0.171 e. The molecule has 0 heterocycles. The first-order chi connectivity index (χ1) is 15.4. The Bertz CT molecular complexity index is 1070. The van der Waals surface area contributed by atoms with E-state index in [0.717, 1.165) is 0 Å². The van der Waals surface area contributed by atoms with E-state index in [2.05, 4.69) is 0 Å². The van der Waals surface area contributed by atoms with Crippen LogP contribution in [0.1, 0.15) is 27.1 Å². The second kappa shape index (κ2) is 10.4. The average Bonchev–Trinajstić information content (AvgIpc) is 2.83. The van der Waals surface area contributed by atoms with Crippen LogP contribution in [0.15, 0.2) is 66.1 Å². The van der Waals surface area contributed by atoms with Crippen LogP contribution in [0.2, 0.25) is 5.02 Å². The lowest BCUT2D eigenvalue weighted by molar-refractivity contribution is 0.0881. The molecule has 168 valence electrons. The van der Waals surface area contributed by atoms with E-state index in [9.17, 15) is 9.59 Å². The smallest absolute Gasteiger partial charge is 0.171 e. The van der Waals surface area contributed by atoms with E-state index in [1.807, 2.05) is 0 Å². The summed E-state index contributed by atoms with van der Waals surface area (Å²) in [7, 11) is 6.06. The zero-order valence-electron chi connectivity index (χ0n) is 18.4. The predicted molar refractivity (Wildman–Crippen MR) is 121 cm³/mol. The number of allylic oxidation sites excluding steroid dienone is 2. The van der Waals surface area contributed by atoms with Crippen molar-refractivity contribution in [1.29, 1.82) is 0 Å². The molecule has 0 spiro atoms. The monoisotopic (exact) mass is 456 g/mol. The summed E-state index contributed by atoms with van der Waals surface area (Å²) in [6.45, 7) is 0. The summed E-state index contributed by atoms with van der Waals surface area (Å²) in [5, 5.41) is 0.358. The van der Waals surface area contributed by atoms with Crippen LogP contribution in [-0.4, -0.2) is 40.0 Å². The van der Waals surface area contributed by atoms with E-state index in [1.54, 1.807) is 54.6 Å². The molecule has 0 saturated carbocycles. The molecule has 0 N–H and O–H groups in total. The summed E-state index contributed by atoms with van der Waals surface area (Å²) in [6, 6.07) is 11.8. The van der Waals surface area contributed by atoms with Gasteiger partial charge in [-0.3, -0.25) is 9.59 Å². The van der Waals surface area contributed by atoms with Crippen LogP contribution in [0.25, 0.3) is 0 Å². The molecule has 2 aromatic rings. The molecule has 32 heavy (non-hydrogen) atoms. The van der Waals surface area contributed by atoms with E-state index >= 15 is 0 Å². The van der Waals surface area contributed by atoms with Crippen molar-refractivity contribution < 1.29 is 28.5 Å². The largest absolute Gasteiger partial charge is 0.493 e. The Kier molecular flexibility index (Phi) is 7.59. The molecule has 0 amide bonds. The van der Waals surface area contributed by atoms with Gasteiger partial charge >= 0.3 is 0 Å². The summed E-state index contributed by atoms with van der Waals surface area (Å²) in [5.74, 6) is 0.466. The second-order valence-corrected chi connectivity index (χ2v) is 7.61. The molecule has 7 heteroatoms. The van der Waals surface area contributed by atoms with Crippen LogP contribution < -0.4 is 9.47 Å². The second-order valence-electron chi connectivity index (χ2n) is 7.20. The molecule has 3 rings (SSSR count). The number of carbonyl (C=O) groups is 2. The number of hydrogen-bond donors (Lipinski definition) is 0. The van der Waals surface area contributed by atoms with Crippen molar-refractivity contribution >= 4 is 23.2 Å². The van der Waals surface area contributed by atoms with Crippen molar-refractivity contribution in [3.8, 4) is 11.5 Å². The SMILES string of the molecule is COC1=C[C@H](CC(=O)c2ccc(OC)c(OC)c2)[C@@H](C(=O)c2ccccc2Cl)C=C1OC. The average molecular weight is 457 g/mol. The van der Waals surface area contributed by atoms with Gasteiger partial charge in [0.05, 0.1) is 39.4 Å². The van der Waals surface area contributed by atoms with Gasteiger partial charge in [-0.05, 0) is 42.5 Å². The highest BCUT2D eigenvalue weighted by atomic mass is 35.5. The van der Waals surface area contributed by atoms with Crippen LogP contribution >= 0.6 is 11.6 Å². The van der Waals surface area contributed by atoms with E-state index in [0.29, 0.717) is 39.2 Å². The normalized spacial score (nSPS) is 17.7. The molecule has 0 bridgehead atoms. The lowest BCUT2D eigenvalue weighted by Crippen LogP contribution is -2.27. The molecule has 0 aromatic heterocycles. The molecule has 0 unspecified atom stereocenters. The molecule has 6 nitrogen and oxygen atoms in total. The number of methoxy groups -OCH3 is 4. The van der Waals surface area contributed by atoms with Crippen LogP contribution in [0, 0.1) is 11.8 Å². The third-order valence-electron chi connectivity index (χ3n) is 5.41. The van der Waals surface area contributed by atoms with Gasteiger partial charge in [-0.1, -0.05) is 23.7 Å². The van der Waals surface area contributed by atoms with Crippen molar-refractivity contribution in [1.82, 2.24) is 0 Å². The first-order valence-corrected chi connectivity index (χ1v) is 10.4. The summed E-state index contributed by atoms with van der Waals surface area (Å²) in [5.41, 5.74) is 0.851. The van der Waals surface area contributed by atoms with Crippen molar-refractivity contribution in [3.05, 3.63) is 82.3 Å². The number of Topliss-reactive ketones (excluding diaryl/α,β-unsaturated/α-hetero) is 2. The molecule has 1 aliphatic carbocycles. The fourth-order valence-corrected chi connectivity index (χ4v) is 3.95. The van der Waals surface area contributed by atoms with Crippen LogP contribution in [-0.2, 0) is 9.47 Å². The maximum absolute atomic E-state index is 13.4. The Balaban J connectivity index is 1.95. The molecular formula is C25H25ClO6. The lowest BCUT2D eigenvalue weighted by Gasteiger charge is -2.27. The first kappa shape index (κ1) is 23.4. The Morgan fingerprint density at radius 1 is 0.844 bits per heavy atom. The van der Waals surface area contributed by atoms with Gasteiger partial charge in [0.2, 0.25) is 0 Å². The van der Waals surface area contributed by atoms with E-state index in [1.165, 1.54) is 28.4 Å². The Labute approximate surface area is 192 Å². The van der Waals surface area contributed by atoms with E-state index in [-0.39, 0.29) is 18.0 Å². The minimum Gasteiger partial charge on any atom is -0.493 e. The van der Waals surface area contributed by atoms with Gasteiger partial charge in [0.25, 0.3) is 0 Å². The van der Waals surface area contributed by atoms with Gasteiger partial charge in [0.15, 0.2) is 34.6 Å². The first-order valence-electron chi connectivity index (χ1n) is 9.99. The van der Waals surface area contributed by atoms with Crippen LogP contribution in [0.3, 0.4) is 0 Å². The van der Waals surface area contributed by atoms with Crippen molar-refractivity contribution in [2.24, 2.45) is 11.8 Å². The van der Waals surface area contributed by atoms with Crippen molar-refractivity contribution in [2.45, 2.75) is 6.42 Å². The fraction of sp³-hybridized carbons (Fsp3) is 0.280. The van der Waals surface area contributed by atoms with Gasteiger partial charge in [-0.25, -0.2) is 0 Å². The molecule has 0 fully saturated rings. The van der Waals surface area contributed by atoms with Gasteiger partial charge < -0.3 is 18.9 Å². The summed E-state index contributed by atoms with van der Waals surface area (Å²) >= 11 is 6.27. The number of halogens is 1. The van der Waals surface area contributed by atoms with E-state index in [4.69, 9.17) is 30.5 Å². The molecule has 0 aliphatic heterocycles. The molecule has 2 aromatic carbocycles. The third-order valence-corrected chi connectivity index (χ3v) is 5.74. The van der Waals surface area contributed by atoms with Gasteiger partial charge in [-0.15, -0.1) is 0 Å². The quantitative estimate of drug-likeness (QED) is 0.488. The molecular weight excluding hydrogens is 432 g/mol. The van der Waals surface area contributed by atoms with Crippen LogP contribution in [0.4, 0.5) is 0 Å². The topological polar surface area (TPSA) is 71.1 Å². The third kappa shape index (κ3) is 4.81. The maximum atomic E-state index is 13.4. The highest BCUT2D eigenvalue weighted by Crippen LogP contribution is 2.36. The number of ether oxygens (including phenoxy) is 4. The van der Waals surface area contributed by atoms with Gasteiger partial charge in [-0.2, -0.15) is 0 Å². The molecule has 1 aliphatic rings. The van der Waals surface area contributed by atoms with Crippen molar-refractivity contribution in [2.75, 3.05) is 28.4 Å². The number of rotatable bonds is 9. The zero-order chi connectivity index (χ0) is 23.3. The fourth-order valence-electron chi connectivity index (χ4n) is 3.72. The Morgan fingerprint density at radius 3 is 2.12 bits per heavy atom. The standard InChI is InChI=1S/C25H25ClO6/c1-29-21-10-9-15(12-22(21)30-2)20(27)11-16-13-23(31-3)24(32-4)14-18(16)25(28)17-7-5-6-8-19(17)26/h5-10,12-14,16,18H,11H2,1-4H3/t16-,18-/m0/s1. The highest BCUT2D eigenvalue weighted by Gasteiger charge is 2.34. The van der Waals surface area contributed by atoms with Crippen LogP contribution in [0.5, 0.6) is 11.5 Å².